The van der Waals surface area contributed by atoms with Gasteiger partial charge in [-0.2, -0.15) is 0 Å². The highest BCUT2D eigenvalue weighted by atomic mass is 19.1. The molecule has 3 aromatic rings. The van der Waals surface area contributed by atoms with Gasteiger partial charge < -0.3 is 20.1 Å². The van der Waals surface area contributed by atoms with Crippen LogP contribution in [0.4, 0.5) is 10.1 Å². The van der Waals surface area contributed by atoms with Gasteiger partial charge in [0.25, 0.3) is 5.91 Å². The Kier molecular flexibility index (Phi) is 5.95. The summed E-state index contributed by atoms with van der Waals surface area (Å²) in [5, 5.41) is 13.4. The van der Waals surface area contributed by atoms with Crippen molar-refractivity contribution in [2.75, 3.05) is 25.6 Å². The number of anilines is 1. The zero-order valence-electron chi connectivity index (χ0n) is 18.8. The summed E-state index contributed by atoms with van der Waals surface area (Å²) in [6.45, 7) is 0.550. The highest BCUT2D eigenvalue weighted by Gasteiger charge is 2.45. The quantitative estimate of drug-likeness (QED) is 0.580. The standard InChI is InChI=1S/C28H25FN2O3/c1-34-26-5-3-2-4-19(26)8-6-18-7-13-24-23(16-18)27-22(25(17-32)30-24)14-15-31(27)28(33)20-9-11-21(29)12-10-20/h2-5,7,9-13,16,22,25,27,30,32H,14-15,17H2,1H3/t22-,25+,27-/m1/s1. The number of aliphatic hydroxyl groups excluding tert-OH is 1. The van der Waals surface area contributed by atoms with Gasteiger partial charge in [-0.1, -0.05) is 24.0 Å². The van der Waals surface area contributed by atoms with E-state index in [1.165, 1.54) is 24.3 Å². The monoisotopic (exact) mass is 456 g/mol. The maximum atomic E-state index is 13.4. The number of nitrogens with zero attached hydrogens (tertiary/aromatic N) is 1. The number of benzene rings is 3. The number of halogens is 1. The second-order valence-electron chi connectivity index (χ2n) is 8.59. The van der Waals surface area contributed by atoms with E-state index in [2.05, 4.69) is 17.2 Å². The molecular formula is C28H25FN2O3. The fourth-order valence-electron chi connectivity index (χ4n) is 5.01. The molecule has 3 aromatic carbocycles. The molecule has 2 aliphatic heterocycles. The normalized spacial score (nSPS) is 20.4. The summed E-state index contributed by atoms with van der Waals surface area (Å²) >= 11 is 0. The molecule has 6 heteroatoms. The van der Waals surface area contributed by atoms with E-state index in [9.17, 15) is 14.3 Å². The average Bonchev–Trinajstić information content (AvgIpc) is 3.33. The van der Waals surface area contributed by atoms with Crippen LogP contribution in [-0.2, 0) is 0 Å². The van der Waals surface area contributed by atoms with Crippen LogP contribution in [0.1, 0.15) is 39.5 Å². The van der Waals surface area contributed by atoms with Crippen molar-refractivity contribution in [2.24, 2.45) is 5.92 Å². The molecule has 0 bridgehead atoms. The lowest BCUT2D eigenvalue weighted by Gasteiger charge is -2.39. The van der Waals surface area contributed by atoms with Gasteiger partial charge in [0.2, 0.25) is 0 Å². The third-order valence-electron chi connectivity index (χ3n) is 6.67. The number of amides is 1. The molecule has 3 atom stereocenters. The third-order valence-corrected chi connectivity index (χ3v) is 6.67. The summed E-state index contributed by atoms with van der Waals surface area (Å²) in [4.78, 5) is 15.2. The Labute approximate surface area is 198 Å². The minimum atomic E-state index is -0.373. The van der Waals surface area contributed by atoms with Crippen LogP contribution in [0.2, 0.25) is 0 Å². The molecule has 1 saturated heterocycles. The predicted molar refractivity (Wildman–Crippen MR) is 128 cm³/mol. The minimum Gasteiger partial charge on any atom is -0.495 e. The summed E-state index contributed by atoms with van der Waals surface area (Å²) < 4.78 is 18.8. The number of ether oxygens (including phenoxy) is 1. The van der Waals surface area contributed by atoms with Gasteiger partial charge in [-0.3, -0.25) is 4.79 Å². The van der Waals surface area contributed by atoms with E-state index in [0.29, 0.717) is 17.9 Å². The molecule has 34 heavy (non-hydrogen) atoms. The van der Waals surface area contributed by atoms with Gasteiger partial charge in [0.05, 0.1) is 31.4 Å². The molecule has 0 saturated carbocycles. The van der Waals surface area contributed by atoms with E-state index in [0.717, 1.165) is 28.8 Å². The van der Waals surface area contributed by atoms with Crippen LogP contribution < -0.4 is 10.1 Å². The van der Waals surface area contributed by atoms with Gasteiger partial charge in [0.15, 0.2) is 0 Å². The number of carbonyl (C=O) groups is 1. The summed E-state index contributed by atoms with van der Waals surface area (Å²) in [5.74, 6) is 6.68. The molecule has 5 rings (SSSR count). The number of para-hydroxylation sites is 1. The van der Waals surface area contributed by atoms with Crippen molar-refractivity contribution in [1.29, 1.82) is 0 Å². The number of methoxy groups -OCH3 is 1. The van der Waals surface area contributed by atoms with Crippen LogP contribution >= 0.6 is 0 Å². The number of aliphatic hydroxyl groups is 1. The smallest absolute Gasteiger partial charge is 0.254 e. The predicted octanol–water partition coefficient (Wildman–Crippen LogP) is 4.22. The molecule has 0 aliphatic carbocycles. The Morgan fingerprint density at radius 2 is 1.94 bits per heavy atom. The molecule has 0 radical (unpaired) electrons. The van der Waals surface area contributed by atoms with Crippen molar-refractivity contribution in [1.82, 2.24) is 4.90 Å². The van der Waals surface area contributed by atoms with Crippen molar-refractivity contribution in [2.45, 2.75) is 18.5 Å². The first-order chi connectivity index (χ1) is 16.6. The molecule has 2 N–H and O–H groups in total. The first kappa shape index (κ1) is 22.0. The first-order valence-corrected chi connectivity index (χ1v) is 11.3. The molecule has 172 valence electrons. The number of nitrogens with one attached hydrogen (secondary N) is 1. The van der Waals surface area contributed by atoms with Crippen molar-refractivity contribution in [3.05, 3.63) is 94.8 Å². The van der Waals surface area contributed by atoms with Gasteiger partial charge in [-0.25, -0.2) is 4.39 Å². The lowest BCUT2D eigenvalue weighted by molar-refractivity contribution is 0.0701. The van der Waals surface area contributed by atoms with Crippen LogP contribution in [0.5, 0.6) is 5.75 Å². The second-order valence-corrected chi connectivity index (χ2v) is 8.59. The van der Waals surface area contributed by atoms with Crippen molar-refractivity contribution >= 4 is 11.6 Å². The summed E-state index contributed by atoms with van der Waals surface area (Å²) in [5.41, 5.74) is 3.95. The Morgan fingerprint density at radius 3 is 2.71 bits per heavy atom. The maximum Gasteiger partial charge on any atom is 0.254 e. The topological polar surface area (TPSA) is 61.8 Å². The van der Waals surface area contributed by atoms with Crippen molar-refractivity contribution < 1.29 is 19.0 Å². The number of likely N-dealkylation sites (tertiary alicyclic amines) is 1. The molecule has 0 aromatic heterocycles. The fraction of sp³-hybridized carbons (Fsp3) is 0.250. The number of carbonyl (C=O) groups excluding carboxylic acids is 1. The van der Waals surface area contributed by atoms with Crippen LogP contribution in [0.25, 0.3) is 0 Å². The minimum absolute atomic E-state index is 0.0193. The molecule has 1 fully saturated rings. The zero-order valence-corrected chi connectivity index (χ0v) is 18.8. The lowest BCUT2D eigenvalue weighted by atomic mass is 9.82. The SMILES string of the molecule is COc1ccccc1C#Cc1ccc2c(c1)[C@H]1[C@H](CCN1C(=O)c1ccc(F)cc1)[C@H](CO)N2. The van der Waals surface area contributed by atoms with Gasteiger partial charge in [0.1, 0.15) is 11.6 Å². The summed E-state index contributed by atoms with van der Waals surface area (Å²) in [6, 6.07) is 18.8. The van der Waals surface area contributed by atoms with Gasteiger partial charge >= 0.3 is 0 Å². The van der Waals surface area contributed by atoms with Crippen molar-refractivity contribution in [3.63, 3.8) is 0 Å². The van der Waals surface area contributed by atoms with Gasteiger partial charge in [-0.15, -0.1) is 0 Å². The number of hydrogen-bond acceptors (Lipinski definition) is 4. The Hall–Kier alpha value is -3.82. The van der Waals surface area contributed by atoms with E-state index in [4.69, 9.17) is 4.74 Å². The van der Waals surface area contributed by atoms with Crippen LogP contribution in [0, 0.1) is 23.6 Å². The Bertz CT molecular complexity index is 1280. The average molecular weight is 457 g/mol. The molecule has 2 heterocycles. The molecule has 0 unspecified atom stereocenters. The van der Waals surface area contributed by atoms with Crippen molar-refractivity contribution in [3.8, 4) is 17.6 Å². The Balaban J connectivity index is 1.52. The highest BCUT2D eigenvalue weighted by molar-refractivity contribution is 5.95. The largest absolute Gasteiger partial charge is 0.495 e. The lowest BCUT2D eigenvalue weighted by Crippen LogP contribution is -2.42. The van der Waals surface area contributed by atoms with Gasteiger partial charge in [0, 0.05) is 29.3 Å². The molecular weight excluding hydrogens is 431 g/mol. The molecule has 1 amide bonds. The van der Waals surface area contributed by atoms with E-state index in [1.807, 2.05) is 47.4 Å². The third kappa shape index (κ3) is 4.00. The fourth-order valence-corrected chi connectivity index (χ4v) is 5.01. The Morgan fingerprint density at radius 1 is 1.15 bits per heavy atom. The summed E-state index contributed by atoms with van der Waals surface area (Å²) in [7, 11) is 1.62. The molecule has 0 spiro atoms. The zero-order chi connectivity index (χ0) is 23.7. The first-order valence-electron chi connectivity index (χ1n) is 11.3. The van der Waals surface area contributed by atoms with Crippen LogP contribution in [0.3, 0.4) is 0 Å². The highest BCUT2D eigenvalue weighted by Crippen LogP contribution is 2.47. The van der Waals surface area contributed by atoms with Gasteiger partial charge in [-0.05, 0) is 66.6 Å². The number of rotatable bonds is 3. The van der Waals surface area contributed by atoms with E-state index in [1.54, 1.807) is 7.11 Å². The van der Waals surface area contributed by atoms with E-state index < -0.39 is 0 Å². The van der Waals surface area contributed by atoms with E-state index >= 15 is 0 Å². The van der Waals surface area contributed by atoms with E-state index in [-0.39, 0.29) is 36.3 Å². The van der Waals surface area contributed by atoms with Crippen LogP contribution in [-0.4, -0.2) is 42.2 Å². The second kappa shape index (κ2) is 9.20. The molecule has 2 aliphatic rings. The summed E-state index contributed by atoms with van der Waals surface area (Å²) in [6.07, 6.45) is 0.770. The molecule has 5 nitrogen and oxygen atoms in total. The number of hydrogen-bond donors (Lipinski definition) is 2. The maximum absolute atomic E-state index is 13.4. The number of fused-ring (bicyclic) bond motifs is 3. The van der Waals surface area contributed by atoms with Crippen LogP contribution in [0.15, 0.2) is 66.7 Å².